The molecule has 1 aromatic heterocycles. The SMILES string of the molecule is Nc1ncnc(Nc2ccc(OCc3cc(F)cc(F)c3)c(Cl)c2)c1C=O. The number of nitrogens with one attached hydrogen (secondary N) is 1. The smallest absolute Gasteiger partial charge is 0.157 e. The largest absolute Gasteiger partial charge is 0.487 e. The molecule has 0 spiro atoms. The van der Waals surface area contributed by atoms with Crippen LogP contribution in [0.15, 0.2) is 42.7 Å². The molecule has 27 heavy (non-hydrogen) atoms. The second kappa shape index (κ2) is 7.96. The Kier molecular flexibility index (Phi) is 5.46. The lowest BCUT2D eigenvalue weighted by Gasteiger charge is -2.12. The molecule has 6 nitrogen and oxygen atoms in total. The fraction of sp³-hybridized carbons (Fsp3) is 0.0556. The predicted molar refractivity (Wildman–Crippen MR) is 97.3 cm³/mol. The number of nitrogen functional groups attached to an aromatic ring is 1. The van der Waals surface area contributed by atoms with Crippen molar-refractivity contribution in [3.05, 3.63) is 70.5 Å². The molecule has 1 heterocycles. The normalized spacial score (nSPS) is 10.5. The number of nitrogens with two attached hydrogens (primary N) is 1. The molecular formula is C18H13ClF2N4O2. The summed E-state index contributed by atoms with van der Waals surface area (Å²) in [4.78, 5) is 18.8. The van der Waals surface area contributed by atoms with Crippen molar-refractivity contribution < 1.29 is 18.3 Å². The summed E-state index contributed by atoms with van der Waals surface area (Å²) < 4.78 is 31.9. The molecule has 2 aromatic carbocycles. The average molecular weight is 391 g/mol. The van der Waals surface area contributed by atoms with Crippen molar-refractivity contribution in [3.63, 3.8) is 0 Å². The monoisotopic (exact) mass is 390 g/mol. The van der Waals surface area contributed by atoms with Gasteiger partial charge in [0.05, 0.1) is 10.6 Å². The Hall–Kier alpha value is -3.26. The molecular weight excluding hydrogens is 378 g/mol. The van der Waals surface area contributed by atoms with E-state index in [4.69, 9.17) is 22.1 Å². The Morgan fingerprint density at radius 3 is 2.56 bits per heavy atom. The van der Waals surface area contributed by atoms with E-state index in [2.05, 4.69) is 15.3 Å². The topological polar surface area (TPSA) is 90.1 Å². The molecule has 0 aliphatic carbocycles. The van der Waals surface area contributed by atoms with Crippen LogP contribution in [-0.2, 0) is 6.61 Å². The second-order valence-corrected chi connectivity index (χ2v) is 5.88. The molecule has 0 radical (unpaired) electrons. The number of rotatable bonds is 6. The fourth-order valence-electron chi connectivity index (χ4n) is 2.31. The summed E-state index contributed by atoms with van der Waals surface area (Å²) in [6.07, 6.45) is 1.77. The zero-order chi connectivity index (χ0) is 19.4. The van der Waals surface area contributed by atoms with Crippen LogP contribution in [0.2, 0.25) is 5.02 Å². The van der Waals surface area contributed by atoms with Gasteiger partial charge in [0.2, 0.25) is 0 Å². The average Bonchev–Trinajstić information content (AvgIpc) is 2.60. The van der Waals surface area contributed by atoms with E-state index in [0.717, 1.165) is 6.07 Å². The number of halogens is 3. The Balaban J connectivity index is 1.74. The molecule has 0 amide bonds. The quantitative estimate of drug-likeness (QED) is 0.615. The summed E-state index contributed by atoms with van der Waals surface area (Å²) in [5.74, 6) is -0.762. The molecule has 3 rings (SSSR count). The first-order valence-electron chi connectivity index (χ1n) is 7.66. The molecule has 0 bridgehead atoms. The van der Waals surface area contributed by atoms with Crippen LogP contribution < -0.4 is 15.8 Å². The van der Waals surface area contributed by atoms with Crippen molar-refractivity contribution in [2.75, 3.05) is 11.1 Å². The highest BCUT2D eigenvalue weighted by atomic mass is 35.5. The molecule has 0 atom stereocenters. The van der Waals surface area contributed by atoms with E-state index < -0.39 is 11.6 Å². The highest BCUT2D eigenvalue weighted by molar-refractivity contribution is 6.32. The number of aromatic nitrogens is 2. The van der Waals surface area contributed by atoms with Crippen molar-refractivity contribution >= 4 is 35.2 Å². The van der Waals surface area contributed by atoms with Crippen molar-refractivity contribution in [1.29, 1.82) is 0 Å². The maximum absolute atomic E-state index is 13.2. The van der Waals surface area contributed by atoms with Crippen LogP contribution in [0.3, 0.4) is 0 Å². The predicted octanol–water partition coefficient (Wildman–Crippen LogP) is 4.13. The number of aldehydes is 1. The Morgan fingerprint density at radius 1 is 1.15 bits per heavy atom. The summed E-state index contributed by atoms with van der Waals surface area (Å²) in [5, 5.41) is 3.18. The van der Waals surface area contributed by atoms with Gasteiger partial charge < -0.3 is 15.8 Å². The van der Waals surface area contributed by atoms with Gasteiger partial charge in [-0.05, 0) is 35.9 Å². The van der Waals surface area contributed by atoms with Crippen LogP contribution in [-0.4, -0.2) is 16.3 Å². The van der Waals surface area contributed by atoms with Gasteiger partial charge in [0.25, 0.3) is 0 Å². The first-order valence-corrected chi connectivity index (χ1v) is 8.04. The van der Waals surface area contributed by atoms with E-state index in [9.17, 15) is 13.6 Å². The molecule has 138 valence electrons. The Morgan fingerprint density at radius 2 is 1.89 bits per heavy atom. The number of hydrogen-bond donors (Lipinski definition) is 2. The molecule has 0 fully saturated rings. The van der Waals surface area contributed by atoms with Gasteiger partial charge in [-0.3, -0.25) is 4.79 Å². The maximum Gasteiger partial charge on any atom is 0.157 e. The van der Waals surface area contributed by atoms with Crippen molar-refractivity contribution in [2.45, 2.75) is 6.61 Å². The van der Waals surface area contributed by atoms with Gasteiger partial charge in [0.1, 0.15) is 42.0 Å². The molecule has 0 aliphatic heterocycles. The number of nitrogens with zero attached hydrogens (tertiary/aromatic N) is 2. The van der Waals surface area contributed by atoms with Crippen LogP contribution in [0, 0.1) is 11.6 Å². The number of anilines is 3. The minimum atomic E-state index is -0.686. The number of carbonyl (C=O) groups excluding carboxylic acids is 1. The first kappa shape index (κ1) is 18.5. The highest BCUT2D eigenvalue weighted by Gasteiger charge is 2.10. The van der Waals surface area contributed by atoms with E-state index in [0.29, 0.717) is 23.3 Å². The lowest BCUT2D eigenvalue weighted by Crippen LogP contribution is -2.04. The van der Waals surface area contributed by atoms with Gasteiger partial charge in [-0.15, -0.1) is 0 Å². The fourth-order valence-corrected chi connectivity index (χ4v) is 2.55. The van der Waals surface area contributed by atoms with E-state index in [1.165, 1.54) is 18.5 Å². The van der Waals surface area contributed by atoms with Gasteiger partial charge in [0.15, 0.2) is 6.29 Å². The summed E-state index contributed by atoms with van der Waals surface area (Å²) >= 11 is 6.19. The van der Waals surface area contributed by atoms with Gasteiger partial charge in [0, 0.05) is 11.8 Å². The Labute approximate surface area is 158 Å². The van der Waals surface area contributed by atoms with Gasteiger partial charge >= 0.3 is 0 Å². The molecule has 9 heteroatoms. The summed E-state index contributed by atoms with van der Waals surface area (Å²) in [6, 6.07) is 7.90. The number of benzene rings is 2. The molecule has 0 aliphatic rings. The summed E-state index contributed by atoms with van der Waals surface area (Å²) in [7, 11) is 0. The second-order valence-electron chi connectivity index (χ2n) is 5.48. The molecule has 3 aromatic rings. The molecule has 0 unspecified atom stereocenters. The third-order valence-corrected chi connectivity index (χ3v) is 3.84. The maximum atomic E-state index is 13.2. The van der Waals surface area contributed by atoms with Crippen molar-refractivity contribution in [3.8, 4) is 5.75 Å². The lowest BCUT2D eigenvalue weighted by molar-refractivity contribution is 0.112. The third kappa shape index (κ3) is 4.48. The molecule has 3 N–H and O–H groups in total. The van der Waals surface area contributed by atoms with Crippen LogP contribution in [0.25, 0.3) is 0 Å². The van der Waals surface area contributed by atoms with Gasteiger partial charge in [-0.25, -0.2) is 18.7 Å². The van der Waals surface area contributed by atoms with Crippen molar-refractivity contribution in [1.82, 2.24) is 9.97 Å². The van der Waals surface area contributed by atoms with Crippen LogP contribution in [0.4, 0.5) is 26.1 Å². The van der Waals surface area contributed by atoms with Crippen molar-refractivity contribution in [2.24, 2.45) is 0 Å². The third-order valence-electron chi connectivity index (χ3n) is 3.54. The first-order chi connectivity index (χ1) is 13.0. The standard InChI is InChI=1S/C18H13ClF2N4O2/c19-15-6-13(25-18-14(7-26)17(22)23-9-24-18)1-2-16(15)27-8-10-3-11(20)5-12(21)4-10/h1-7,9H,8H2,(H3,22,23,24,25). The minimum absolute atomic E-state index is 0.0517. The zero-order valence-electron chi connectivity index (χ0n) is 13.7. The van der Waals surface area contributed by atoms with E-state index in [1.807, 2.05) is 0 Å². The Bertz CT molecular complexity index is 981. The van der Waals surface area contributed by atoms with Crippen LogP contribution in [0.5, 0.6) is 5.75 Å². The van der Waals surface area contributed by atoms with Crippen LogP contribution >= 0.6 is 11.6 Å². The number of carbonyl (C=O) groups is 1. The van der Waals surface area contributed by atoms with Gasteiger partial charge in [-0.1, -0.05) is 11.6 Å². The molecule has 0 saturated carbocycles. The van der Waals surface area contributed by atoms with Gasteiger partial charge in [-0.2, -0.15) is 0 Å². The van der Waals surface area contributed by atoms with E-state index in [-0.39, 0.29) is 28.8 Å². The van der Waals surface area contributed by atoms with E-state index >= 15 is 0 Å². The van der Waals surface area contributed by atoms with E-state index in [1.54, 1.807) is 18.2 Å². The lowest BCUT2D eigenvalue weighted by atomic mass is 10.2. The van der Waals surface area contributed by atoms with Crippen LogP contribution in [0.1, 0.15) is 15.9 Å². The number of hydrogen-bond acceptors (Lipinski definition) is 6. The zero-order valence-corrected chi connectivity index (χ0v) is 14.5. The highest BCUT2D eigenvalue weighted by Crippen LogP contribution is 2.30. The number of ether oxygens (including phenoxy) is 1. The summed E-state index contributed by atoms with van der Waals surface area (Å²) in [5.41, 5.74) is 6.62. The minimum Gasteiger partial charge on any atom is -0.487 e. The molecule has 0 saturated heterocycles. The summed E-state index contributed by atoms with van der Waals surface area (Å²) in [6.45, 7) is -0.0566.